The predicted molar refractivity (Wildman–Crippen MR) is 74.0 cm³/mol. The topological polar surface area (TPSA) is 176 Å². The molecule has 0 aliphatic carbocycles. The number of rotatable bonds is 6. The number of aliphatic hydroxyl groups is 1. The number of carbonyl (C=O) groups excluding carboxylic acids is 2. The van der Waals surface area contributed by atoms with Gasteiger partial charge in [0, 0.05) is 18.0 Å². The van der Waals surface area contributed by atoms with Crippen LogP contribution in [-0.2, 0) is 4.79 Å². The molecular formula is C12H14N4O5. The molecule has 1 aromatic rings. The van der Waals surface area contributed by atoms with Crippen molar-refractivity contribution >= 4 is 23.1 Å². The van der Waals surface area contributed by atoms with Gasteiger partial charge in [0.25, 0.3) is 11.6 Å². The summed E-state index contributed by atoms with van der Waals surface area (Å²) in [5, 5.41) is 20.4. The van der Waals surface area contributed by atoms with Crippen molar-refractivity contribution in [1.29, 1.82) is 0 Å². The number of amides is 2. The molecule has 0 spiro atoms. The monoisotopic (exact) mass is 294 g/mol. The second kappa shape index (κ2) is 6.48. The molecule has 0 aliphatic rings. The third-order valence-corrected chi connectivity index (χ3v) is 2.75. The molecule has 1 atom stereocenters. The molecule has 0 saturated heterocycles. The molecule has 9 nitrogen and oxygen atoms in total. The molecule has 1 unspecified atom stereocenters. The second-order valence-corrected chi connectivity index (χ2v) is 4.18. The van der Waals surface area contributed by atoms with Crippen LogP contribution in [0.5, 0.6) is 0 Å². The van der Waals surface area contributed by atoms with E-state index in [1.165, 1.54) is 18.2 Å². The number of hydrogen-bond donors (Lipinski definition) is 4. The van der Waals surface area contributed by atoms with Crippen molar-refractivity contribution in [2.75, 3.05) is 0 Å². The highest BCUT2D eigenvalue weighted by molar-refractivity contribution is 5.99. The van der Waals surface area contributed by atoms with E-state index in [4.69, 9.17) is 17.2 Å². The highest BCUT2D eigenvalue weighted by Gasteiger charge is 2.27. The molecular weight excluding hydrogens is 280 g/mol. The summed E-state index contributed by atoms with van der Waals surface area (Å²) in [6.07, 6.45) is 0.213. The third kappa shape index (κ3) is 3.54. The van der Waals surface area contributed by atoms with Crippen LogP contribution in [0.15, 0.2) is 24.5 Å². The van der Waals surface area contributed by atoms with Gasteiger partial charge in [-0.3, -0.25) is 19.7 Å². The number of para-hydroxylation sites is 1. The average molecular weight is 294 g/mol. The van der Waals surface area contributed by atoms with Gasteiger partial charge in [0.15, 0.2) is 0 Å². The molecule has 21 heavy (non-hydrogen) atoms. The maximum atomic E-state index is 11.3. The zero-order chi connectivity index (χ0) is 16.2. The molecule has 1 rings (SSSR count). The van der Waals surface area contributed by atoms with E-state index in [1.807, 2.05) is 0 Å². The van der Waals surface area contributed by atoms with Gasteiger partial charge in [-0.2, -0.15) is 0 Å². The van der Waals surface area contributed by atoms with Crippen molar-refractivity contribution < 1.29 is 19.6 Å². The second-order valence-electron chi connectivity index (χ2n) is 4.18. The largest absolute Gasteiger partial charge is 0.515 e. The van der Waals surface area contributed by atoms with Gasteiger partial charge >= 0.3 is 0 Å². The Morgan fingerprint density at radius 2 is 1.90 bits per heavy atom. The van der Waals surface area contributed by atoms with Gasteiger partial charge in [0.05, 0.1) is 16.7 Å². The summed E-state index contributed by atoms with van der Waals surface area (Å²) >= 11 is 0. The zero-order valence-corrected chi connectivity index (χ0v) is 10.9. The molecule has 7 N–H and O–H groups in total. The number of benzene rings is 1. The fraction of sp³-hybridized carbons (Fsp3) is 0.167. The number of carbonyl (C=O) groups is 2. The number of nitrogens with two attached hydrogens (primary N) is 3. The SMILES string of the molecule is NC(=O)CC(N)/C(=C\O)c1cccc(C(N)=O)c1[N+](=O)[O-]. The van der Waals surface area contributed by atoms with Crippen molar-refractivity contribution in [3.8, 4) is 0 Å². The number of nitro groups is 1. The van der Waals surface area contributed by atoms with Gasteiger partial charge in [-0.05, 0) is 12.1 Å². The molecule has 2 amide bonds. The first-order valence-electron chi connectivity index (χ1n) is 5.75. The van der Waals surface area contributed by atoms with E-state index < -0.39 is 28.5 Å². The van der Waals surface area contributed by atoms with Crippen LogP contribution in [0.2, 0.25) is 0 Å². The molecule has 112 valence electrons. The number of primary amides is 2. The minimum Gasteiger partial charge on any atom is -0.515 e. The van der Waals surface area contributed by atoms with Gasteiger partial charge in [-0.15, -0.1) is 0 Å². The Hall–Kier alpha value is -2.94. The lowest BCUT2D eigenvalue weighted by Gasteiger charge is -2.14. The fourth-order valence-electron chi connectivity index (χ4n) is 1.86. The Balaban J connectivity index is 3.47. The fourth-order valence-corrected chi connectivity index (χ4v) is 1.86. The molecule has 0 heterocycles. The highest BCUT2D eigenvalue weighted by Crippen LogP contribution is 2.31. The molecule has 0 aromatic heterocycles. The molecule has 0 bridgehead atoms. The van der Waals surface area contributed by atoms with Crippen LogP contribution >= 0.6 is 0 Å². The minimum atomic E-state index is -1.06. The van der Waals surface area contributed by atoms with Crippen LogP contribution in [0.25, 0.3) is 5.57 Å². The first-order valence-corrected chi connectivity index (χ1v) is 5.75. The van der Waals surface area contributed by atoms with E-state index in [0.717, 1.165) is 0 Å². The van der Waals surface area contributed by atoms with Crippen molar-refractivity contribution in [2.24, 2.45) is 17.2 Å². The summed E-state index contributed by atoms with van der Waals surface area (Å²) in [4.78, 5) is 32.5. The Labute approximate surface area is 119 Å². The number of aliphatic hydroxyl groups excluding tert-OH is 1. The van der Waals surface area contributed by atoms with Gasteiger partial charge in [-0.25, -0.2) is 0 Å². The molecule has 0 aliphatic heterocycles. The maximum absolute atomic E-state index is 11.3. The van der Waals surface area contributed by atoms with E-state index in [9.17, 15) is 24.8 Å². The van der Waals surface area contributed by atoms with Gasteiger partial charge in [-0.1, -0.05) is 6.07 Å². The van der Waals surface area contributed by atoms with Crippen LogP contribution in [0.1, 0.15) is 22.3 Å². The predicted octanol–water partition coefficient (Wildman–Crippen LogP) is -0.205. The van der Waals surface area contributed by atoms with Crippen LogP contribution in [0, 0.1) is 10.1 Å². The summed E-state index contributed by atoms with van der Waals surface area (Å²) in [5.74, 6) is -1.74. The van der Waals surface area contributed by atoms with Crippen LogP contribution in [0.4, 0.5) is 5.69 Å². The Kier molecular flexibility index (Phi) is 4.97. The first kappa shape index (κ1) is 16.1. The average Bonchev–Trinajstić information content (AvgIpc) is 2.37. The van der Waals surface area contributed by atoms with Crippen molar-refractivity contribution in [3.63, 3.8) is 0 Å². The van der Waals surface area contributed by atoms with E-state index >= 15 is 0 Å². The number of nitrogens with zero attached hydrogens (tertiary/aromatic N) is 1. The van der Waals surface area contributed by atoms with Gasteiger partial charge < -0.3 is 22.3 Å². The number of nitro benzene ring substituents is 1. The van der Waals surface area contributed by atoms with Crippen molar-refractivity contribution in [1.82, 2.24) is 0 Å². The lowest BCUT2D eigenvalue weighted by atomic mass is 9.94. The van der Waals surface area contributed by atoms with E-state index in [0.29, 0.717) is 6.26 Å². The molecule has 1 aromatic carbocycles. The molecule has 0 radical (unpaired) electrons. The van der Waals surface area contributed by atoms with E-state index in [1.54, 1.807) is 0 Å². The summed E-state index contributed by atoms with van der Waals surface area (Å²) in [5.41, 5.74) is 14.7. The normalized spacial score (nSPS) is 12.7. The van der Waals surface area contributed by atoms with Crippen LogP contribution in [-0.4, -0.2) is 27.9 Å². The minimum absolute atomic E-state index is 0.0939. The zero-order valence-electron chi connectivity index (χ0n) is 10.9. The standard InChI is InChI=1S/C12H14N4O5/c13-9(4-10(14)18)8(5-17)6-2-1-3-7(12(15)19)11(6)16(20)21/h1-3,5,9,17H,4,13H2,(H2,14,18)(H2,15,19)/b8-5-. The van der Waals surface area contributed by atoms with E-state index in [2.05, 4.69) is 0 Å². The molecule has 9 heteroatoms. The quantitative estimate of drug-likeness (QED) is 0.320. The van der Waals surface area contributed by atoms with Gasteiger partial charge in [0.1, 0.15) is 5.56 Å². The number of hydrogen-bond acceptors (Lipinski definition) is 6. The highest BCUT2D eigenvalue weighted by atomic mass is 16.6. The molecule has 0 fully saturated rings. The summed E-state index contributed by atoms with van der Waals surface area (Å²) in [6.45, 7) is 0. The van der Waals surface area contributed by atoms with Crippen LogP contribution < -0.4 is 17.2 Å². The Morgan fingerprint density at radius 3 is 2.33 bits per heavy atom. The Bertz CT molecular complexity index is 626. The van der Waals surface area contributed by atoms with Crippen LogP contribution in [0.3, 0.4) is 0 Å². The lowest BCUT2D eigenvalue weighted by Crippen LogP contribution is -2.29. The van der Waals surface area contributed by atoms with Crippen molar-refractivity contribution in [3.05, 3.63) is 45.7 Å². The maximum Gasteiger partial charge on any atom is 0.289 e. The third-order valence-electron chi connectivity index (χ3n) is 2.75. The van der Waals surface area contributed by atoms with Crippen molar-refractivity contribution in [2.45, 2.75) is 12.5 Å². The lowest BCUT2D eigenvalue weighted by molar-refractivity contribution is -0.385. The first-order chi connectivity index (χ1) is 9.79. The smallest absolute Gasteiger partial charge is 0.289 e. The summed E-state index contributed by atoms with van der Waals surface area (Å²) < 4.78 is 0. The van der Waals surface area contributed by atoms with Gasteiger partial charge in [0.2, 0.25) is 5.91 Å². The summed E-state index contributed by atoms with van der Waals surface area (Å²) in [6, 6.07) is 2.75. The Morgan fingerprint density at radius 1 is 1.33 bits per heavy atom. The summed E-state index contributed by atoms with van der Waals surface area (Å²) in [7, 11) is 0. The van der Waals surface area contributed by atoms with E-state index in [-0.39, 0.29) is 23.1 Å². The molecule has 0 saturated carbocycles.